The summed E-state index contributed by atoms with van der Waals surface area (Å²) in [6.45, 7) is 2.06. The Morgan fingerprint density at radius 3 is 2.44 bits per heavy atom. The van der Waals surface area contributed by atoms with Crippen molar-refractivity contribution >= 4 is 17.8 Å². The van der Waals surface area contributed by atoms with Gasteiger partial charge in [0.25, 0.3) is 0 Å². The average molecular weight is 349 g/mol. The van der Waals surface area contributed by atoms with Gasteiger partial charge in [0.15, 0.2) is 6.10 Å². The van der Waals surface area contributed by atoms with Crippen LogP contribution in [0.2, 0.25) is 0 Å². The maximum Gasteiger partial charge on any atom is 0.335 e. The topological polar surface area (TPSA) is 131 Å². The van der Waals surface area contributed by atoms with E-state index in [1.54, 1.807) is 37.3 Å². The number of benzene rings is 1. The van der Waals surface area contributed by atoms with Gasteiger partial charge in [0.05, 0.1) is 6.61 Å². The smallest absolute Gasteiger partial charge is 0.335 e. The van der Waals surface area contributed by atoms with Crippen LogP contribution in [0, 0.1) is 0 Å². The number of carboxylic acid groups (broad SMARTS) is 1. The lowest BCUT2D eigenvalue weighted by molar-refractivity contribution is -0.155. The molecule has 0 spiro atoms. The van der Waals surface area contributed by atoms with Crippen LogP contribution in [0.1, 0.15) is 12.5 Å². The molecule has 0 saturated heterocycles. The Balaban J connectivity index is 2.45. The Hall–Kier alpha value is -2.71. The minimum atomic E-state index is -1.47. The van der Waals surface area contributed by atoms with E-state index in [1.165, 1.54) is 6.08 Å². The van der Waals surface area contributed by atoms with Crippen LogP contribution >= 0.6 is 0 Å². The van der Waals surface area contributed by atoms with E-state index in [1.807, 2.05) is 6.07 Å². The highest BCUT2D eigenvalue weighted by Gasteiger charge is 2.31. The molecular formula is C17H23N3O5. The summed E-state index contributed by atoms with van der Waals surface area (Å²) in [5.41, 5.74) is 6.47. The standard InChI is InChI=1S/C17H23N3O5/c1-2-6-13(21)19-9-10-20-16(22)14(18)15(17(23)24)25-11-12-7-4-3-5-8-12/h2-8,14-15H,9-11,18H2,1H3,(H,19,21)(H,20,22)(H,23,24)/t14-,15?/m0/s1. The highest BCUT2D eigenvalue weighted by Crippen LogP contribution is 2.06. The summed E-state index contributed by atoms with van der Waals surface area (Å²) >= 11 is 0. The summed E-state index contributed by atoms with van der Waals surface area (Å²) < 4.78 is 5.28. The first-order valence-electron chi connectivity index (χ1n) is 7.78. The number of hydrogen-bond acceptors (Lipinski definition) is 5. The van der Waals surface area contributed by atoms with Crippen LogP contribution in [-0.2, 0) is 25.7 Å². The molecule has 1 unspecified atom stereocenters. The molecule has 2 atom stereocenters. The number of hydrogen-bond donors (Lipinski definition) is 4. The largest absolute Gasteiger partial charge is 0.479 e. The molecule has 0 aliphatic carbocycles. The first-order valence-corrected chi connectivity index (χ1v) is 7.78. The average Bonchev–Trinajstić information content (AvgIpc) is 2.59. The van der Waals surface area contributed by atoms with Crippen LogP contribution in [0.25, 0.3) is 0 Å². The van der Waals surface area contributed by atoms with Crippen molar-refractivity contribution in [2.24, 2.45) is 5.73 Å². The zero-order chi connectivity index (χ0) is 18.7. The number of rotatable bonds is 10. The second kappa shape index (κ2) is 11.0. The molecule has 0 aliphatic rings. The van der Waals surface area contributed by atoms with Crippen molar-refractivity contribution in [1.29, 1.82) is 0 Å². The van der Waals surface area contributed by atoms with Crippen molar-refractivity contribution in [2.75, 3.05) is 13.1 Å². The molecule has 0 heterocycles. The van der Waals surface area contributed by atoms with Crippen molar-refractivity contribution in [3.8, 4) is 0 Å². The van der Waals surface area contributed by atoms with E-state index in [0.717, 1.165) is 5.56 Å². The predicted octanol–water partition coefficient (Wildman–Crippen LogP) is -0.208. The highest BCUT2D eigenvalue weighted by molar-refractivity contribution is 5.89. The van der Waals surface area contributed by atoms with Crippen LogP contribution in [0.4, 0.5) is 0 Å². The van der Waals surface area contributed by atoms with Crippen molar-refractivity contribution < 1.29 is 24.2 Å². The Morgan fingerprint density at radius 1 is 1.20 bits per heavy atom. The Kier molecular flexibility index (Phi) is 8.91. The Morgan fingerprint density at radius 2 is 1.84 bits per heavy atom. The van der Waals surface area contributed by atoms with Gasteiger partial charge in [-0.15, -0.1) is 0 Å². The van der Waals surface area contributed by atoms with Crippen LogP contribution in [0.5, 0.6) is 0 Å². The molecule has 0 fully saturated rings. The van der Waals surface area contributed by atoms with Crippen LogP contribution in [0.3, 0.4) is 0 Å². The third kappa shape index (κ3) is 7.60. The van der Waals surface area contributed by atoms with E-state index in [0.29, 0.717) is 0 Å². The molecule has 0 bridgehead atoms. The molecule has 136 valence electrons. The molecule has 1 aromatic carbocycles. The molecule has 0 aliphatic heterocycles. The molecule has 0 saturated carbocycles. The van der Waals surface area contributed by atoms with E-state index in [4.69, 9.17) is 10.5 Å². The number of nitrogens with two attached hydrogens (primary N) is 1. The van der Waals surface area contributed by atoms with E-state index >= 15 is 0 Å². The lowest BCUT2D eigenvalue weighted by atomic mass is 10.1. The van der Waals surface area contributed by atoms with Gasteiger partial charge < -0.3 is 26.2 Å². The number of allylic oxidation sites excluding steroid dienone is 1. The zero-order valence-corrected chi connectivity index (χ0v) is 14.0. The number of carboxylic acids is 1. The van der Waals surface area contributed by atoms with Gasteiger partial charge in [-0.1, -0.05) is 36.4 Å². The minimum Gasteiger partial charge on any atom is -0.479 e. The Bertz CT molecular complexity index is 604. The molecule has 8 nitrogen and oxygen atoms in total. The number of ether oxygens (including phenoxy) is 1. The number of nitrogens with one attached hydrogen (secondary N) is 2. The minimum absolute atomic E-state index is 0.0260. The van der Waals surface area contributed by atoms with Crippen molar-refractivity contribution in [2.45, 2.75) is 25.7 Å². The van der Waals surface area contributed by atoms with Gasteiger partial charge in [-0.3, -0.25) is 9.59 Å². The zero-order valence-electron chi connectivity index (χ0n) is 14.0. The maximum atomic E-state index is 12.0. The summed E-state index contributed by atoms with van der Waals surface area (Å²) in [6.07, 6.45) is 1.47. The number of aliphatic carboxylic acids is 1. The summed E-state index contributed by atoms with van der Waals surface area (Å²) in [4.78, 5) is 34.5. The number of amides is 2. The fraction of sp³-hybridized carbons (Fsp3) is 0.353. The van der Waals surface area contributed by atoms with Crippen molar-refractivity contribution in [3.63, 3.8) is 0 Å². The lowest BCUT2D eigenvalue weighted by Crippen LogP contribution is -2.53. The van der Waals surface area contributed by atoms with E-state index in [-0.39, 0.29) is 25.6 Å². The maximum absolute atomic E-state index is 12.0. The first kappa shape index (κ1) is 20.3. The Labute approximate surface area is 146 Å². The van der Waals surface area contributed by atoms with Crippen LogP contribution < -0.4 is 16.4 Å². The van der Waals surface area contributed by atoms with Gasteiger partial charge in [0.1, 0.15) is 6.04 Å². The second-order valence-corrected chi connectivity index (χ2v) is 5.16. The van der Waals surface area contributed by atoms with Crippen molar-refractivity contribution in [3.05, 3.63) is 48.0 Å². The molecule has 25 heavy (non-hydrogen) atoms. The highest BCUT2D eigenvalue weighted by atomic mass is 16.5. The van der Waals surface area contributed by atoms with E-state index in [9.17, 15) is 19.5 Å². The summed E-state index contributed by atoms with van der Waals surface area (Å²) in [6, 6.07) is 7.60. The molecule has 5 N–H and O–H groups in total. The summed E-state index contributed by atoms with van der Waals surface area (Å²) in [7, 11) is 0. The third-order valence-corrected chi connectivity index (χ3v) is 3.19. The fourth-order valence-corrected chi connectivity index (χ4v) is 1.93. The molecule has 1 aromatic rings. The van der Waals surface area contributed by atoms with E-state index < -0.39 is 24.0 Å². The third-order valence-electron chi connectivity index (χ3n) is 3.19. The molecule has 2 amide bonds. The molecule has 0 radical (unpaired) electrons. The van der Waals surface area contributed by atoms with E-state index in [2.05, 4.69) is 10.6 Å². The second-order valence-electron chi connectivity index (χ2n) is 5.16. The van der Waals surface area contributed by atoms with Gasteiger partial charge in [-0.25, -0.2) is 4.79 Å². The quantitative estimate of drug-likeness (QED) is 0.342. The van der Waals surface area contributed by atoms with Gasteiger partial charge >= 0.3 is 5.97 Å². The van der Waals surface area contributed by atoms with Gasteiger partial charge in [0, 0.05) is 13.1 Å². The van der Waals surface area contributed by atoms with Gasteiger partial charge in [-0.2, -0.15) is 0 Å². The fourth-order valence-electron chi connectivity index (χ4n) is 1.93. The van der Waals surface area contributed by atoms with Crippen molar-refractivity contribution in [1.82, 2.24) is 10.6 Å². The number of carbonyl (C=O) groups excluding carboxylic acids is 2. The lowest BCUT2D eigenvalue weighted by Gasteiger charge is -2.20. The van der Waals surface area contributed by atoms with Gasteiger partial charge in [0.2, 0.25) is 11.8 Å². The van der Waals surface area contributed by atoms with Crippen LogP contribution in [-0.4, -0.2) is 48.1 Å². The number of carbonyl (C=O) groups is 3. The predicted molar refractivity (Wildman–Crippen MR) is 91.5 cm³/mol. The molecule has 1 rings (SSSR count). The van der Waals surface area contributed by atoms with Crippen LogP contribution in [0.15, 0.2) is 42.5 Å². The summed E-state index contributed by atoms with van der Waals surface area (Å²) in [5, 5.41) is 14.2. The van der Waals surface area contributed by atoms with Gasteiger partial charge in [-0.05, 0) is 18.6 Å². The molecule has 8 heteroatoms. The SMILES string of the molecule is CC=CC(=O)NCCNC(=O)[C@@H](N)C(OCc1ccccc1)C(=O)O. The molecule has 0 aromatic heterocycles. The summed E-state index contributed by atoms with van der Waals surface area (Å²) in [5.74, 6) is -2.27. The normalized spacial score (nSPS) is 13.2. The monoisotopic (exact) mass is 349 g/mol. The molecular weight excluding hydrogens is 326 g/mol. The first-order chi connectivity index (χ1) is 12.0.